The van der Waals surface area contributed by atoms with Gasteiger partial charge in [-0.1, -0.05) is 20.8 Å². The highest BCUT2D eigenvalue weighted by Gasteiger charge is 2.07. The second kappa shape index (κ2) is 6.82. The van der Waals surface area contributed by atoms with E-state index in [0.29, 0.717) is 18.4 Å². The molecule has 0 spiro atoms. The van der Waals surface area contributed by atoms with Crippen LogP contribution in [0.25, 0.3) is 0 Å². The van der Waals surface area contributed by atoms with Crippen molar-refractivity contribution in [3.05, 3.63) is 0 Å². The Hall–Kier alpha value is -0.570. The molecular formula is C11H24N2O. The van der Waals surface area contributed by atoms with Gasteiger partial charge in [0.15, 0.2) is 0 Å². The van der Waals surface area contributed by atoms with Crippen molar-refractivity contribution in [3.63, 3.8) is 0 Å². The van der Waals surface area contributed by atoms with Crippen LogP contribution in [-0.2, 0) is 4.79 Å². The molecule has 1 atom stereocenters. The maximum Gasteiger partial charge on any atom is 0.234 e. The number of carbonyl (C=O) groups is 1. The lowest BCUT2D eigenvalue weighted by molar-refractivity contribution is -0.120. The van der Waals surface area contributed by atoms with Crippen LogP contribution >= 0.6 is 0 Å². The summed E-state index contributed by atoms with van der Waals surface area (Å²) in [5, 5.41) is 6.00. The molecule has 0 fully saturated rings. The second-order valence-electron chi connectivity index (χ2n) is 4.57. The fourth-order valence-electron chi connectivity index (χ4n) is 1.02. The summed E-state index contributed by atoms with van der Waals surface area (Å²) in [7, 11) is 0. The molecule has 0 aliphatic rings. The molecule has 2 N–H and O–H groups in total. The Morgan fingerprint density at radius 1 is 1.14 bits per heavy atom. The minimum atomic E-state index is 0.0796. The summed E-state index contributed by atoms with van der Waals surface area (Å²) in [6, 6.07) is 0.229. The molecule has 0 aromatic heterocycles. The fourth-order valence-corrected chi connectivity index (χ4v) is 1.02. The molecule has 14 heavy (non-hydrogen) atoms. The summed E-state index contributed by atoms with van der Waals surface area (Å²) in [5.74, 6) is 1.36. The molecule has 84 valence electrons. The molecule has 1 amide bonds. The van der Waals surface area contributed by atoms with Crippen LogP contribution < -0.4 is 10.6 Å². The van der Waals surface area contributed by atoms with Gasteiger partial charge >= 0.3 is 0 Å². The standard InChI is InChI=1S/C11H24N2O/c1-8(2)10(5)6-12-7-11(14)13-9(3)4/h8-10,12H,6-7H2,1-5H3,(H,13,14). The number of amides is 1. The van der Waals surface area contributed by atoms with Gasteiger partial charge in [0.2, 0.25) is 5.91 Å². The van der Waals surface area contributed by atoms with Crippen molar-refractivity contribution in [3.8, 4) is 0 Å². The zero-order valence-electron chi connectivity index (χ0n) is 10.1. The second-order valence-corrected chi connectivity index (χ2v) is 4.57. The third-order valence-electron chi connectivity index (χ3n) is 2.34. The number of nitrogens with one attached hydrogen (secondary N) is 2. The van der Waals surface area contributed by atoms with Gasteiger partial charge in [0, 0.05) is 6.04 Å². The van der Waals surface area contributed by atoms with Crippen LogP contribution in [0, 0.1) is 11.8 Å². The van der Waals surface area contributed by atoms with Gasteiger partial charge in [0.25, 0.3) is 0 Å². The zero-order chi connectivity index (χ0) is 11.1. The van der Waals surface area contributed by atoms with Crippen molar-refractivity contribution >= 4 is 5.91 Å². The highest BCUT2D eigenvalue weighted by Crippen LogP contribution is 2.06. The van der Waals surface area contributed by atoms with Gasteiger partial charge in [-0.25, -0.2) is 0 Å². The predicted molar refractivity (Wildman–Crippen MR) is 60.2 cm³/mol. The van der Waals surface area contributed by atoms with Crippen molar-refractivity contribution in [1.82, 2.24) is 10.6 Å². The van der Waals surface area contributed by atoms with E-state index in [1.165, 1.54) is 0 Å². The Kier molecular flexibility index (Phi) is 6.54. The van der Waals surface area contributed by atoms with E-state index in [4.69, 9.17) is 0 Å². The minimum absolute atomic E-state index is 0.0796. The van der Waals surface area contributed by atoms with Gasteiger partial charge in [-0.2, -0.15) is 0 Å². The quantitative estimate of drug-likeness (QED) is 0.680. The van der Waals surface area contributed by atoms with Gasteiger partial charge < -0.3 is 10.6 Å². The summed E-state index contributed by atoms with van der Waals surface area (Å²) in [6.07, 6.45) is 0. The summed E-state index contributed by atoms with van der Waals surface area (Å²) in [5.41, 5.74) is 0. The van der Waals surface area contributed by atoms with Crippen LogP contribution in [0.2, 0.25) is 0 Å². The van der Waals surface area contributed by atoms with Crippen molar-refractivity contribution in [2.75, 3.05) is 13.1 Å². The SMILES string of the molecule is CC(C)NC(=O)CNCC(C)C(C)C. The van der Waals surface area contributed by atoms with E-state index in [1.807, 2.05) is 13.8 Å². The average Bonchev–Trinajstić information content (AvgIpc) is 2.02. The first kappa shape index (κ1) is 13.4. The summed E-state index contributed by atoms with van der Waals surface area (Å²) < 4.78 is 0. The molecule has 3 nitrogen and oxygen atoms in total. The smallest absolute Gasteiger partial charge is 0.234 e. The molecule has 0 aliphatic carbocycles. The molecule has 0 bridgehead atoms. The number of rotatable bonds is 6. The Labute approximate surface area is 87.6 Å². The summed E-state index contributed by atoms with van der Waals surface area (Å²) in [6.45, 7) is 11.8. The highest BCUT2D eigenvalue weighted by molar-refractivity contribution is 5.78. The number of hydrogen-bond donors (Lipinski definition) is 2. The van der Waals surface area contributed by atoms with Gasteiger partial charge in [-0.3, -0.25) is 4.79 Å². The van der Waals surface area contributed by atoms with Gasteiger partial charge in [0.1, 0.15) is 0 Å². The van der Waals surface area contributed by atoms with E-state index in [-0.39, 0.29) is 11.9 Å². The molecule has 0 heterocycles. The molecular weight excluding hydrogens is 176 g/mol. The Morgan fingerprint density at radius 3 is 2.14 bits per heavy atom. The van der Waals surface area contributed by atoms with E-state index in [0.717, 1.165) is 6.54 Å². The van der Waals surface area contributed by atoms with Crippen LogP contribution in [0.1, 0.15) is 34.6 Å². The van der Waals surface area contributed by atoms with Gasteiger partial charge in [-0.05, 0) is 32.2 Å². The number of carbonyl (C=O) groups excluding carboxylic acids is 1. The van der Waals surface area contributed by atoms with E-state index in [2.05, 4.69) is 31.4 Å². The molecule has 0 saturated heterocycles. The Bertz CT molecular complexity index is 167. The first-order chi connectivity index (χ1) is 6.43. The van der Waals surface area contributed by atoms with E-state index < -0.39 is 0 Å². The maximum absolute atomic E-state index is 11.2. The van der Waals surface area contributed by atoms with Crippen LogP contribution in [0.4, 0.5) is 0 Å². The van der Waals surface area contributed by atoms with Crippen molar-refractivity contribution in [2.24, 2.45) is 11.8 Å². The molecule has 3 heteroatoms. The first-order valence-corrected chi connectivity index (χ1v) is 5.43. The van der Waals surface area contributed by atoms with E-state index in [1.54, 1.807) is 0 Å². The minimum Gasteiger partial charge on any atom is -0.353 e. The fraction of sp³-hybridized carbons (Fsp3) is 0.909. The van der Waals surface area contributed by atoms with Gasteiger partial charge in [-0.15, -0.1) is 0 Å². The van der Waals surface area contributed by atoms with Crippen molar-refractivity contribution in [2.45, 2.75) is 40.7 Å². The average molecular weight is 200 g/mol. The third kappa shape index (κ3) is 6.89. The normalized spacial score (nSPS) is 13.4. The Morgan fingerprint density at radius 2 is 1.71 bits per heavy atom. The van der Waals surface area contributed by atoms with E-state index in [9.17, 15) is 4.79 Å². The molecule has 0 saturated carbocycles. The lowest BCUT2D eigenvalue weighted by Crippen LogP contribution is -2.39. The summed E-state index contributed by atoms with van der Waals surface area (Å²) >= 11 is 0. The summed E-state index contributed by atoms with van der Waals surface area (Å²) in [4.78, 5) is 11.2. The number of hydrogen-bond acceptors (Lipinski definition) is 2. The Balaban J connectivity index is 3.49. The van der Waals surface area contributed by atoms with Crippen LogP contribution in [0.3, 0.4) is 0 Å². The monoisotopic (exact) mass is 200 g/mol. The lowest BCUT2D eigenvalue weighted by atomic mass is 9.98. The third-order valence-corrected chi connectivity index (χ3v) is 2.34. The zero-order valence-corrected chi connectivity index (χ0v) is 10.1. The molecule has 1 unspecified atom stereocenters. The topological polar surface area (TPSA) is 41.1 Å². The predicted octanol–water partition coefficient (Wildman–Crippen LogP) is 1.39. The molecule has 0 aliphatic heterocycles. The van der Waals surface area contributed by atoms with Crippen molar-refractivity contribution < 1.29 is 4.79 Å². The van der Waals surface area contributed by atoms with E-state index >= 15 is 0 Å². The lowest BCUT2D eigenvalue weighted by Gasteiger charge is -2.16. The molecule has 0 aromatic carbocycles. The molecule has 0 aromatic rings. The molecule has 0 radical (unpaired) electrons. The highest BCUT2D eigenvalue weighted by atomic mass is 16.1. The van der Waals surface area contributed by atoms with Crippen LogP contribution in [0.15, 0.2) is 0 Å². The van der Waals surface area contributed by atoms with Crippen LogP contribution in [0.5, 0.6) is 0 Å². The van der Waals surface area contributed by atoms with Gasteiger partial charge in [0.05, 0.1) is 6.54 Å². The maximum atomic E-state index is 11.2. The van der Waals surface area contributed by atoms with Crippen LogP contribution in [-0.4, -0.2) is 25.0 Å². The largest absolute Gasteiger partial charge is 0.353 e. The first-order valence-electron chi connectivity index (χ1n) is 5.43. The van der Waals surface area contributed by atoms with Crippen molar-refractivity contribution in [1.29, 1.82) is 0 Å². The molecule has 0 rings (SSSR count).